The standard InChI is InChI=1S/C17H21N3O2/c1-10(2)13-7-6-8-14(9-13)18-17(22)16(21)15-11(3)19-20(5)12(15)4/h6-10H,1-5H3,(H,18,22). The van der Waals surface area contributed by atoms with Gasteiger partial charge in [-0.15, -0.1) is 0 Å². The molecule has 0 atom stereocenters. The molecule has 0 spiro atoms. The number of aromatic nitrogens is 2. The Balaban J connectivity index is 2.22. The van der Waals surface area contributed by atoms with E-state index in [1.54, 1.807) is 31.6 Å². The number of nitrogens with one attached hydrogen (secondary N) is 1. The molecule has 1 heterocycles. The first kappa shape index (κ1) is 15.9. The summed E-state index contributed by atoms with van der Waals surface area (Å²) in [6, 6.07) is 7.53. The molecule has 116 valence electrons. The highest BCUT2D eigenvalue weighted by Crippen LogP contribution is 2.19. The molecule has 0 saturated carbocycles. The van der Waals surface area contributed by atoms with Gasteiger partial charge in [0.05, 0.1) is 11.3 Å². The van der Waals surface area contributed by atoms with E-state index in [1.165, 1.54) is 0 Å². The predicted octanol–water partition coefficient (Wildman–Crippen LogP) is 2.98. The highest BCUT2D eigenvalue weighted by atomic mass is 16.2. The van der Waals surface area contributed by atoms with E-state index in [2.05, 4.69) is 24.3 Å². The number of benzene rings is 1. The molecule has 5 nitrogen and oxygen atoms in total. The highest BCUT2D eigenvalue weighted by Gasteiger charge is 2.23. The third kappa shape index (κ3) is 3.08. The molecule has 1 amide bonds. The van der Waals surface area contributed by atoms with Crippen LogP contribution in [-0.4, -0.2) is 21.5 Å². The maximum Gasteiger partial charge on any atom is 0.296 e. The molecule has 0 saturated heterocycles. The van der Waals surface area contributed by atoms with Crippen molar-refractivity contribution in [1.82, 2.24) is 9.78 Å². The highest BCUT2D eigenvalue weighted by molar-refractivity contribution is 6.47. The number of ketones is 1. The van der Waals surface area contributed by atoms with Crippen LogP contribution in [0.15, 0.2) is 24.3 Å². The maximum absolute atomic E-state index is 12.4. The minimum Gasteiger partial charge on any atom is -0.319 e. The number of carbonyl (C=O) groups excluding carboxylic acids is 2. The molecule has 0 aliphatic heterocycles. The molecular weight excluding hydrogens is 278 g/mol. The molecule has 5 heteroatoms. The summed E-state index contributed by atoms with van der Waals surface area (Å²) in [7, 11) is 1.75. The second-order valence-corrected chi connectivity index (χ2v) is 5.73. The molecule has 1 aromatic heterocycles. The van der Waals surface area contributed by atoms with E-state index in [0.29, 0.717) is 28.6 Å². The number of anilines is 1. The van der Waals surface area contributed by atoms with Crippen molar-refractivity contribution < 1.29 is 9.59 Å². The van der Waals surface area contributed by atoms with Crippen LogP contribution in [0.4, 0.5) is 5.69 Å². The second kappa shape index (κ2) is 6.13. The first-order valence-corrected chi connectivity index (χ1v) is 7.27. The van der Waals surface area contributed by atoms with Crippen molar-refractivity contribution >= 4 is 17.4 Å². The molecule has 22 heavy (non-hydrogen) atoms. The maximum atomic E-state index is 12.4. The molecule has 2 aromatic rings. The number of rotatable bonds is 4. The summed E-state index contributed by atoms with van der Waals surface area (Å²) in [6.07, 6.45) is 0. The minimum atomic E-state index is -0.639. The number of aryl methyl sites for hydroxylation is 2. The zero-order chi connectivity index (χ0) is 16.4. The van der Waals surface area contributed by atoms with Gasteiger partial charge in [0.1, 0.15) is 0 Å². The van der Waals surface area contributed by atoms with Gasteiger partial charge in [0.2, 0.25) is 0 Å². The Morgan fingerprint density at radius 1 is 1.23 bits per heavy atom. The summed E-state index contributed by atoms with van der Waals surface area (Å²) < 4.78 is 1.61. The van der Waals surface area contributed by atoms with Crippen LogP contribution < -0.4 is 5.32 Å². The van der Waals surface area contributed by atoms with Crippen LogP contribution >= 0.6 is 0 Å². The predicted molar refractivity (Wildman–Crippen MR) is 86.2 cm³/mol. The topological polar surface area (TPSA) is 64.0 Å². The van der Waals surface area contributed by atoms with E-state index >= 15 is 0 Å². The number of amides is 1. The fourth-order valence-electron chi connectivity index (χ4n) is 2.38. The monoisotopic (exact) mass is 299 g/mol. The first-order valence-electron chi connectivity index (χ1n) is 7.27. The zero-order valence-electron chi connectivity index (χ0n) is 13.6. The summed E-state index contributed by atoms with van der Waals surface area (Å²) >= 11 is 0. The quantitative estimate of drug-likeness (QED) is 0.697. The van der Waals surface area contributed by atoms with Gasteiger partial charge in [-0.3, -0.25) is 14.3 Å². The first-order chi connectivity index (χ1) is 10.3. The molecule has 1 aromatic carbocycles. The Kier molecular flexibility index (Phi) is 4.45. The van der Waals surface area contributed by atoms with E-state index in [9.17, 15) is 9.59 Å². The Morgan fingerprint density at radius 3 is 2.45 bits per heavy atom. The van der Waals surface area contributed by atoms with Gasteiger partial charge in [-0.2, -0.15) is 5.10 Å². The van der Waals surface area contributed by atoms with Crippen LogP contribution in [0.3, 0.4) is 0 Å². The summed E-state index contributed by atoms with van der Waals surface area (Å²) in [6.45, 7) is 7.66. The van der Waals surface area contributed by atoms with Gasteiger partial charge in [-0.25, -0.2) is 0 Å². The van der Waals surface area contributed by atoms with Crippen LogP contribution in [0.1, 0.15) is 47.1 Å². The van der Waals surface area contributed by atoms with E-state index in [-0.39, 0.29) is 0 Å². The molecule has 0 fully saturated rings. The lowest BCUT2D eigenvalue weighted by atomic mass is 10.0. The molecule has 2 rings (SSSR count). The fourth-order valence-corrected chi connectivity index (χ4v) is 2.38. The SMILES string of the molecule is Cc1nn(C)c(C)c1C(=O)C(=O)Nc1cccc(C(C)C)c1. The fraction of sp³-hybridized carbons (Fsp3) is 0.353. The summed E-state index contributed by atoms with van der Waals surface area (Å²) in [5.41, 5.74) is 3.37. The minimum absolute atomic E-state index is 0.357. The third-order valence-electron chi connectivity index (χ3n) is 3.75. The van der Waals surface area contributed by atoms with Gasteiger partial charge in [-0.05, 0) is 37.5 Å². The number of Topliss-reactive ketones (excluding diaryl/α,β-unsaturated/α-hetero) is 1. The van der Waals surface area contributed by atoms with Crippen molar-refractivity contribution in [2.24, 2.45) is 7.05 Å². The van der Waals surface area contributed by atoms with E-state index in [0.717, 1.165) is 5.56 Å². The lowest BCUT2D eigenvalue weighted by Crippen LogP contribution is -2.24. The number of hydrogen-bond donors (Lipinski definition) is 1. The summed E-state index contributed by atoms with van der Waals surface area (Å²) in [4.78, 5) is 24.6. The van der Waals surface area contributed by atoms with Gasteiger partial charge >= 0.3 is 0 Å². The second-order valence-electron chi connectivity index (χ2n) is 5.73. The average Bonchev–Trinajstić information content (AvgIpc) is 2.71. The smallest absolute Gasteiger partial charge is 0.296 e. The molecular formula is C17H21N3O2. The van der Waals surface area contributed by atoms with Crippen LogP contribution in [0.25, 0.3) is 0 Å². The molecule has 1 N–H and O–H groups in total. The van der Waals surface area contributed by atoms with Gasteiger partial charge in [0.15, 0.2) is 0 Å². The Bertz CT molecular complexity index is 730. The molecule has 0 radical (unpaired) electrons. The van der Waals surface area contributed by atoms with Crippen LogP contribution in [-0.2, 0) is 11.8 Å². The van der Waals surface area contributed by atoms with Gasteiger partial charge in [0, 0.05) is 18.4 Å². The van der Waals surface area contributed by atoms with Crippen molar-refractivity contribution in [2.75, 3.05) is 5.32 Å². The normalized spacial score (nSPS) is 10.8. The van der Waals surface area contributed by atoms with Crippen LogP contribution in [0, 0.1) is 13.8 Å². The van der Waals surface area contributed by atoms with Crippen molar-refractivity contribution in [3.8, 4) is 0 Å². The third-order valence-corrected chi connectivity index (χ3v) is 3.75. The molecule has 0 bridgehead atoms. The lowest BCUT2D eigenvalue weighted by Gasteiger charge is -2.09. The van der Waals surface area contributed by atoms with Gasteiger partial charge in [-0.1, -0.05) is 26.0 Å². The lowest BCUT2D eigenvalue weighted by molar-refractivity contribution is -0.112. The van der Waals surface area contributed by atoms with Crippen molar-refractivity contribution in [1.29, 1.82) is 0 Å². The van der Waals surface area contributed by atoms with E-state index in [4.69, 9.17) is 0 Å². The Labute approximate surface area is 130 Å². The van der Waals surface area contributed by atoms with Crippen LogP contribution in [0.2, 0.25) is 0 Å². The number of carbonyl (C=O) groups is 2. The zero-order valence-corrected chi connectivity index (χ0v) is 13.6. The van der Waals surface area contributed by atoms with Crippen molar-refractivity contribution in [2.45, 2.75) is 33.6 Å². The van der Waals surface area contributed by atoms with Crippen molar-refractivity contribution in [3.05, 3.63) is 46.8 Å². The molecule has 0 unspecified atom stereocenters. The van der Waals surface area contributed by atoms with Gasteiger partial charge < -0.3 is 5.32 Å². The van der Waals surface area contributed by atoms with Gasteiger partial charge in [0.25, 0.3) is 11.7 Å². The molecule has 0 aliphatic carbocycles. The summed E-state index contributed by atoms with van der Waals surface area (Å²) in [5, 5.41) is 6.85. The van der Waals surface area contributed by atoms with E-state index < -0.39 is 11.7 Å². The number of nitrogens with zero attached hydrogens (tertiary/aromatic N) is 2. The average molecular weight is 299 g/mol. The largest absolute Gasteiger partial charge is 0.319 e. The number of hydrogen-bond acceptors (Lipinski definition) is 3. The van der Waals surface area contributed by atoms with E-state index in [1.807, 2.05) is 18.2 Å². The molecule has 0 aliphatic rings. The summed E-state index contributed by atoms with van der Waals surface area (Å²) in [5.74, 6) is -0.839. The Hall–Kier alpha value is -2.43. The van der Waals surface area contributed by atoms with Crippen molar-refractivity contribution in [3.63, 3.8) is 0 Å². The van der Waals surface area contributed by atoms with Crippen LogP contribution in [0.5, 0.6) is 0 Å². The Morgan fingerprint density at radius 2 is 1.91 bits per heavy atom.